The molecular formula is C18H17N3O3. The van der Waals surface area contributed by atoms with Gasteiger partial charge in [-0.1, -0.05) is 30.3 Å². The van der Waals surface area contributed by atoms with Crippen molar-refractivity contribution in [1.29, 1.82) is 0 Å². The lowest BCUT2D eigenvalue weighted by molar-refractivity contribution is -0.991. The number of hydrogen-bond donors (Lipinski definition) is 3. The van der Waals surface area contributed by atoms with E-state index in [0.717, 1.165) is 28.6 Å². The van der Waals surface area contributed by atoms with Gasteiger partial charge in [0.15, 0.2) is 5.69 Å². The normalized spacial score (nSPS) is 15.3. The van der Waals surface area contributed by atoms with Crippen LogP contribution in [0, 0.1) is 5.21 Å². The maximum absolute atomic E-state index is 12.8. The fourth-order valence-corrected chi connectivity index (χ4v) is 3.37. The molecule has 1 amide bonds. The Bertz CT molecular complexity index is 917. The van der Waals surface area contributed by atoms with Crippen molar-refractivity contribution in [2.75, 3.05) is 6.54 Å². The zero-order valence-corrected chi connectivity index (χ0v) is 13.0. The Morgan fingerprint density at radius 3 is 2.75 bits per heavy atom. The van der Waals surface area contributed by atoms with Crippen LogP contribution >= 0.6 is 0 Å². The van der Waals surface area contributed by atoms with E-state index in [2.05, 4.69) is 4.98 Å². The summed E-state index contributed by atoms with van der Waals surface area (Å²) in [6.07, 6.45) is 0.741. The average molecular weight is 323 g/mol. The molecule has 0 saturated carbocycles. The smallest absolute Gasteiger partial charge is 0.260 e. The van der Waals surface area contributed by atoms with Gasteiger partial charge in [0.1, 0.15) is 5.56 Å². The predicted octanol–water partition coefficient (Wildman–Crippen LogP) is 1.77. The van der Waals surface area contributed by atoms with E-state index >= 15 is 0 Å². The molecule has 0 spiro atoms. The minimum Gasteiger partial charge on any atom is -0.595 e. The van der Waals surface area contributed by atoms with E-state index < -0.39 is 5.23 Å². The van der Waals surface area contributed by atoms with Crippen LogP contribution in [0.4, 0.5) is 5.69 Å². The first-order valence-corrected chi connectivity index (χ1v) is 7.85. The summed E-state index contributed by atoms with van der Waals surface area (Å²) >= 11 is 0. The molecule has 4 rings (SSSR count). The van der Waals surface area contributed by atoms with Gasteiger partial charge in [-0.15, -0.1) is 0 Å². The van der Waals surface area contributed by atoms with Crippen molar-refractivity contribution in [3.63, 3.8) is 0 Å². The summed E-state index contributed by atoms with van der Waals surface area (Å²) in [5, 5.41) is 20.7. The highest BCUT2D eigenvalue weighted by Crippen LogP contribution is 2.28. The molecular weight excluding hydrogens is 306 g/mol. The van der Waals surface area contributed by atoms with Gasteiger partial charge in [0.05, 0.1) is 0 Å². The first-order chi connectivity index (χ1) is 11.6. The first kappa shape index (κ1) is 14.9. The van der Waals surface area contributed by atoms with Gasteiger partial charge >= 0.3 is 0 Å². The molecule has 0 saturated heterocycles. The van der Waals surface area contributed by atoms with Crippen molar-refractivity contribution in [3.8, 4) is 0 Å². The Morgan fingerprint density at radius 2 is 1.92 bits per heavy atom. The van der Waals surface area contributed by atoms with Crippen molar-refractivity contribution in [2.24, 2.45) is 0 Å². The van der Waals surface area contributed by atoms with Crippen molar-refractivity contribution in [1.82, 2.24) is 9.88 Å². The van der Waals surface area contributed by atoms with Gasteiger partial charge in [-0.05, 0) is 12.1 Å². The second-order valence-corrected chi connectivity index (χ2v) is 5.96. The van der Waals surface area contributed by atoms with Crippen molar-refractivity contribution in [2.45, 2.75) is 13.0 Å². The lowest BCUT2D eigenvalue weighted by Gasteiger charge is -2.28. The van der Waals surface area contributed by atoms with Gasteiger partial charge in [0, 0.05) is 47.7 Å². The number of carbonyl (C=O) groups excluding carboxylic acids is 1. The van der Waals surface area contributed by atoms with E-state index in [1.54, 1.807) is 23.1 Å². The number of carbonyl (C=O) groups is 1. The molecule has 6 nitrogen and oxygen atoms in total. The number of rotatable bonds is 2. The minimum atomic E-state index is -1.08. The number of quaternary nitrogens is 1. The topological polar surface area (TPSA) is 83.8 Å². The molecule has 1 aromatic heterocycles. The van der Waals surface area contributed by atoms with Gasteiger partial charge in [-0.25, -0.2) is 5.21 Å². The number of hydrogen-bond acceptors (Lipinski definition) is 3. The van der Waals surface area contributed by atoms with Crippen LogP contribution in [-0.2, 0) is 13.0 Å². The van der Waals surface area contributed by atoms with E-state index in [4.69, 9.17) is 0 Å². The van der Waals surface area contributed by atoms with Gasteiger partial charge in [0.25, 0.3) is 5.91 Å². The quantitative estimate of drug-likeness (QED) is 0.629. The van der Waals surface area contributed by atoms with E-state index in [1.165, 1.54) is 6.07 Å². The van der Waals surface area contributed by atoms with E-state index in [-0.39, 0.29) is 17.2 Å². The third-order valence-electron chi connectivity index (χ3n) is 4.56. The molecule has 1 atom stereocenters. The van der Waals surface area contributed by atoms with Crippen molar-refractivity contribution in [3.05, 3.63) is 70.6 Å². The Kier molecular flexibility index (Phi) is 3.57. The average Bonchev–Trinajstić information content (AvgIpc) is 2.99. The maximum atomic E-state index is 12.8. The molecule has 24 heavy (non-hydrogen) atoms. The first-order valence-electron chi connectivity index (χ1n) is 7.85. The Balaban J connectivity index is 1.69. The van der Waals surface area contributed by atoms with Gasteiger partial charge < -0.3 is 15.1 Å². The number of aromatic nitrogens is 1. The number of aromatic amines is 1. The fourth-order valence-electron chi connectivity index (χ4n) is 3.37. The third-order valence-corrected chi connectivity index (χ3v) is 4.56. The Labute approximate surface area is 138 Å². The highest BCUT2D eigenvalue weighted by molar-refractivity contribution is 5.98. The molecule has 3 N–H and O–H groups in total. The number of nitrogens with one attached hydrogen (secondary N) is 2. The van der Waals surface area contributed by atoms with Crippen LogP contribution in [-0.4, -0.2) is 27.5 Å². The van der Waals surface area contributed by atoms with Crippen LogP contribution < -0.4 is 5.23 Å². The Morgan fingerprint density at radius 1 is 1.17 bits per heavy atom. The number of benzene rings is 2. The van der Waals surface area contributed by atoms with E-state index in [9.17, 15) is 15.2 Å². The molecule has 0 fully saturated rings. The lowest BCUT2D eigenvalue weighted by atomic mass is 10.0. The van der Waals surface area contributed by atoms with Crippen LogP contribution in [0.3, 0.4) is 0 Å². The molecule has 2 heterocycles. The number of fused-ring (bicyclic) bond motifs is 3. The lowest BCUT2D eigenvalue weighted by Crippen LogP contribution is -2.99. The van der Waals surface area contributed by atoms with Crippen LogP contribution in [0.15, 0.2) is 48.5 Å². The second-order valence-electron chi connectivity index (χ2n) is 5.96. The van der Waals surface area contributed by atoms with E-state index in [1.807, 2.05) is 24.3 Å². The molecule has 3 aromatic rings. The molecule has 1 unspecified atom stereocenters. The highest BCUT2D eigenvalue weighted by atomic mass is 16.8. The summed E-state index contributed by atoms with van der Waals surface area (Å²) in [4.78, 5) is 18.0. The molecule has 122 valence electrons. The van der Waals surface area contributed by atoms with Crippen molar-refractivity contribution < 1.29 is 15.2 Å². The maximum Gasteiger partial charge on any atom is 0.260 e. The van der Waals surface area contributed by atoms with Gasteiger partial charge in [-0.2, -0.15) is 5.23 Å². The summed E-state index contributed by atoms with van der Waals surface area (Å²) in [5.74, 6) is -0.232. The molecule has 0 radical (unpaired) electrons. The van der Waals surface area contributed by atoms with Crippen molar-refractivity contribution >= 4 is 22.5 Å². The van der Waals surface area contributed by atoms with Crippen LogP contribution in [0.2, 0.25) is 0 Å². The van der Waals surface area contributed by atoms with Crippen LogP contribution in [0.25, 0.3) is 10.9 Å². The SMILES string of the molecule is O=C(c1ccccc1[NH+]([O-])O)N1CCc2[nH]c3ccccc3c2C1. The number of H-pyrrole nitrogens is 1. The third kappa shape index (κ3) is 2.37. The molecule has 1 aliphatic rings. The van der Waals surface area contributed by atoms with E-state index in [0.29, 0.717) is 13.1 Å². The number of amides is 1. The zero-order chi connectivity index (χ0) is 16.7. The fraction of sp³-hybridized carbons (Fsp3) is 0.167. The predicted molar refractivity (Wildman–Crippen MR) is 89.0 cm³/mol. The zero-order valence-electron chi connectivity index (χ0n) is 13.0. The van der Waals surface area contributed by atoms with Gasteiger partial charge in [0.2, 0.25) is 0 Å². The molecule has 0 aliphatic carbocycles. The molecule has 1 aliphatic heterocycles. The monoisotopic (exact) mass is 323 g/mol. The summed E-state index contributed by atoms with van der Waals surface area (Å²) in [6, 6.07) is 14.4. The van der Waals surface area contributed by atoms with Gasteiger partial charge in [-0.3, -0.25) is 4.79 Å². The summed E-state index contributed by atoms with van der Waals surface area (Å²) < 4.78 is 0. The summed E-state index contributed by atoms with van der Waals surface area (Å²) in [7, 11) is 0. The second kappa shape index (κ2) is 5.76. The summed E-state index contributed by atoms with van der Waals surface area (Å²) in [5.41, 5.74) is 3.65. The Hall–Kier alpha value is -2.67. The largest absolute Gasteiger partial charge is 0.595 e. The molecule has 2 aromatic carbocycles. The summed E-state index contributed by atoms with van der Waals surface area (Å²) in [6.45, 7) is 1.07. The van der Waals surface area contributed by atoms with Crippen LogP contribution in [0.5, 0.6) is 0 Å². The molecule has 0 bridgehead atoms. The highest BCUT2D eigenvalue weighted by Gasteiger charge is 2.27. The molecule has 6 heteroatoms. The minimum absolute atomic E-state index is 0.0484. The number of nitrogens with zero attached hydrogens (tertiary/aromatic N) is 1. The number of para-hydroxylation sites is 2. The van der Waals surface area contributed by atoms with Crippen LogP contribution in [0.1, 0.15) is 21.6 Å². The standard InChI is InChI=1S/C18H17N3O3/c22-18(13-6-2-4-8-17(13)21(23)24)20-10-9-16-14(11-20)12-5-1-3-7-15(12)19-16/h1-8,19,21,23H,9-11H2.